The Bertz CT molecular complexity index is 1270. The van der Waals surface area contributed by atoms with Gasteiger partial charge in [-0.1, -0.05) is 83.0 Å². The van der Waals surface area contributed by atoms with Gasteiger partial charge in [0.15, 0.2) is 4.32 Å². The molecule has 0 N–H and O–H groups in total. The summed E-state index contributed by atoms with van der Waals surface area (Å²) in [6.45, 7) is 0.263. The Labute approximate surface area is 218 Å². The maximum atomic E-state index is 13.1. The van der Waals surface area contributed by atoms with Crippen molar-refractivity contribution in [1.29, 1.82) is 0 Å². The number of benzene rings is 3. The lowest BCUT2D eigenvalue weighted by Crippen LogP contribution is -2.27. The molecule has 0 aliphatic carbocycles. The smallest absolute Gasteiger partial charge is 0.270 e. The molecule has 32 heavy (non-hydrogen) atoms. The number of ether oxygens (including phenoxy) is 1. The molecule has 0 aromatic heterocycles. The number of carbonyl (C=O) groups is 1. The van der Waals surface area contributed by atoms with Crippen molar-refractivity contribution >= 4 is 96.7 Å². The molecule has 1 saturated heterocycles. The second kappa shape index (κ2) is 10.2. The molecule has 1 fully saturated rings. The number of nitrogens with zero attached hydrogens (tertiary/aromatic N) is 1. The van der Waals surface area contributed by atoms with E-state index >= 15 is 0 Å². The van der Waals surface area contributed by atoms with Crippen LogP contribution in [0.25, 0.3) is 6.08 Å². The number of amides is 1. The summed E-state index contributed by atoms with van der Waals surface area (Å²) in [6, 6.07) is 18.0. The number of para-hydroxylation sites is 1. The minimum atomic E-state index is -0.214. The Kier molecular flexibility index (Phi) is 7.50. The third kappa shape index (κ3) is 5.16. The van der Waals surface area contributed by atoms with Gasteiger partial charge in [0, 0.05) is 25.6 Å². The van der Waals surface area contributed by atoms with E-state index in [2.05, 4.69) is 15.9 Å². The zero-order chi connectivity index (χ0) is 22.8. The number of halogens is 4. The zero-order valence-corrected chi connectivity index (χ0v) is 21.6. The molecule has 162 valence electrons. The van der Waals surface area contributed by atoms with Crippen LogP contribution in [0.5, 0.6) is 5.75 Å². The summed E-state index contributed by atoms with van der Waals surface area (Å²) in [7, 11) is 0. The third-order valence-electron chi connectivity index (χ3n) is 4.56. The van der Waals surface area contributed by atoms with Gasteiger partial charge in [0.2, 0.25) is 0 Å². The number of carbonyl (C=O) groups excluding carboxylic acids is 1. The van der Waals surface area contributed by atoms with Gasteiger partial charge in [-0.3, -0.25) is 9.69 Å². The van der Waals surface area contributed by atoms with Crippen molar-refractivity contribution < 1.29 is 9.53 Å². The van der Waals surface area contributed by atoms with Crippen molar-refractivity contribution in [2.45, 2.75) is 6.61 Å². The van der Waals surface area contributed by atoms with E-state index in [-0.39, 0.29) is 12.5 Å². The summed E-state index contributed by atoms with van der Waals surface area (Å²) in [5.74, 6) is 0.407. The first-order valence-electron chi connectivity index (χ1n) is 9.22. The van der Waals surface area contributed by atoms with E-state index in [9.17, 15) is 4.79 Å². The van der Waals surface area contributed by atoms with Crippen LogP contribution >= 0.6 is 74.7 Å². The summed E-state index contributed by atoms with van der Waals surface area (Å²) in [5, 5.41) is 1.59. The summed E-state index contributed by atoms with van der Waals surface area (Å²) >= 11 is 28.5. The van der Waals surface area contributed by atoms with Gasteiger partial charge >= 0.3 is 0 Å². The Balaban J connectivity index is 1.58. The second-order valence-electron chi connectivity index (χ2n) is 6.68. The van der Waals surface area contributed by atoms with Crippen LogP contribution in [0.2, 0.25) is 15.1 Å². The van der Waals surface area contributed by atoms with Gasteiger partial charge in [-0.25, -0.2) is 0 Å². The van der Waals surface area contributed by atoms with E-state index in [1.54, 1.807) is 36.4 Å². The molecule has 0 saturated carbocycles. The fourth-order valence-corrected chi connectivity index (χ4v) is 5.16. The highest BCUT2D eigenvalue weighted by molar-refractivity contribution is 9.10. The van der Waals surface area contributed by atoms with Crippen LogP contribution < -0.4 is 9.64 Å². The van der Waals surface area contributed by atoms with Crippen LogP contribution in [0.4, 0.5) is 5.69 Å². The first-order valence-corrected chi connectivity index (χ1v) is 12.4. The first-order chi connectivity index (χ1) is 15.3. The number of rotatable bonds is 5. The van der Waals surface area contributed by atoms with E-state index < -0.39 is 0 Å². The number of anilines is 1. The monoisotopic (exact) mass is 583 g/mol. The number of thiocarbonyl (C=S) groups is 1. The lowest BCUT2D eigenvalue weighted by atomic mass is 10.1. The molecule has 3 nitrogen and oxygen atoms in total. The maximum absolute atomic E-state index is 13.1. The van der Waals surface area contributed by atoms with Crippen LogP contribution in [-0.2, 0) is 11.4 Å². The first kappa shape index (κ1) is 23.6. The lowest BCUT2D eigenvalue weighted by molar-refractivity contribution is -0.113. The summed E-state index contributed by atoms with van der Waals surface area (Å²) in [5.41, 5.74) is 2.18. The van der Waals surface area contributed by atoms with Crippen molar-refractivity contribution in [3.63, 3.8) is 0 Å². The van der Waals surface area contributed by atoms with Crippen LogP contribution in [0.3, 0.4) is 0 Å². The second-order valence-corrected chi connectivity index (χ2v) is 10.5. The summed E-state index contributed by atoms with van der Waals surface area (Å²) < 4.78 is 7.18. The highest BCUT2D eigenvalue weighted by atomic mass is 79.9. The quantitative estimate of drug-likeness (QED) is 0.222. The van der Waals surface area contributed by atoms with Gasteiger partial charge in [0.1, 0.15) is 12.4 Å². The van der Waals surface area contributed by atoms with Gasteiger partial charge in [-0.05, 0) is 58.4 Å². The lowest BCUT2D eigenvalue weighted by Gasteiger charge is -2.15. The molecule has 1 aliphatic rings. The number of hydrogen-bond donors (Lipinski definition) is 0. The molecule has 0 atom stereocenters. The van der Waals surface area contributed by atoms with Gasteiger partial charge in [0.05, 0.1) is 15.6 Å². The molecule has 0 unspecified atom stereocenters. The highest BCUT2D eigenvalue weighted by Gasteiger charge is 2.33. The fourth-order valence-electron chi connectivity index (χ4n) is 2.98. The van der Waals surface area contributed by atoms with Crippen LogP contribution in [0.1, 0.15) is 11.1 Å². The van der Waals surface area contributed by atoms with Crippen LogP contribution in [-0.4, -0.2) is 10.2 Å². The summed E-state index contributed by atoms with van der Waals surface area (Å²) in [4.78, 5) is 15.1. The molecule has 1 heterocycles. The topological polar surface area (TPSA) is 29.5 Å². The highest BCUT2D eigenvalue weighted by Crippen LogP contribution is 2.39. The van der Waals surface area contributed by atoms with Gasteiger partial charge < -0.3 is 4.74 Å². The van der Waals surface area contributed by atoms with Gasteiger partial charge in [0.25, 0.3) is 5.91 Å². The van der Waals surface area contributed by atoms with Crippen LogP contribution in [0.15, 0.2) is 70.0 Å². The third-order valence-corrected chi connectivity index (χ3v) is 7.68. The largest absolute Gasteiger partial charge is 0.488 e. The Morgan fingerprint density at radius 1 is 1.03 bits per heavy atom. The van der Waals surface area contributed by atoms with Gasteiger partial charge in [-0.2, -0.15) is 0 Å². The van der Waals surface area contributed by atoms with Crippen molar-refractivity contribution in [1.82, 2.24) is 0 Å². The zero-order valence-electron chi connectivity index (χ0n) is 16.2. The predicted molar refractivity (Wildman–Crippen MR) is 142 cm³/mol. The molecule has 0 bridgehead atoms. The molecule has 0 spiro atoms. The summed E-state index contributed by atoms with van der Waals surface area (Å²) in [6.07, 6.45) is 1.78. The molecular formula is C23H13BrCl3NO2S2. The molecule has 1 aliphatic heterocycles. The Morgan fingerprint density at radius 2 is 1.81 bits per heavy atom. The van der Waals surface area contributed by atoms with Crippen LogP contribution in [0, 0.1) is 0 Å². The Hall–Kier alpha value is -1.54. The van der Waals surface area contributed by atoms with E-state index in [1.807, 2.05) is 30.3 Å². The van der Waals surface area contributed by atoms with E-state index in [0.29, 0.717) is 35.7 Å². The number of hydrogen-bond acceptors (Lipinski definition) is 4. The maximum Gasteiger partial charge on any atom is 0.270 e. The molecule has 3 aromatic carbocycles. The average Bonchev–Trinajstić information content (AvgIpc) is 3.03. The molecule has 1 amide bonds. The molecule has 0 radical (unpaired) electrons. The molecule has 3 aromatic rings. The minimum Gasteiger partial charge on any atom is -0.488 e. The molecular weight excluding hydrogens is 573 g/mol. The minimum absolute atomic E-state index is 0.214. The van der Waals surface area contributed by atoms with Crippen molar-refractivity contribution in [3.05, 3.63) is 96.2 Å². The van der Waals surface area contributed by atoms with E-state index in [0.717, 1.165) is 15.6 Å². The van der Waals surface area contributed by atoms with Crippen molar-refractivity contribution in [2.75, 3.05) is 4.90 Å². The van der Waals surface area contributed by atoms with E-state index in [1.165, 1.54) is 16.7 Å². The Morgan fingerprint density at radius 3 is 2.56 bits per heavy atom. The predicted octanol–water partition coefficient (Wildman–Crippen LogP) is 8.39. The standard InChI is InChI=1S/C23H13BrCl3NO2S2/c24-17-8-7-16(11-19(17)27)28-22(29)21(32-23(28)31)9-13-3-1-2-4-20(13)30-12-14-5-6-15(25)10-18(14)26/h1-11H,12H2/b21-9+. The number of thioether (sulfide) groups is 1. The molecule has 9 heteroatoms. The van der Waals surface area contributed by atoms with Crippen molar-refractivity contribution in [2.24, 2.45) is 0 Å². The normalized spacial score (nSPS) is 15.0. The van der Waals surface area contributed by atoms with Crippen molar-refractivity contribution in [3.8, 4) is 5.75 Å². The SMILES string of the molecule is O=C1/C(=C\c2ccccc2OCc2ccc(Cl)cc2Cl)SC(=S)N1c1ccc(Br)c(Cl)c1. The van der Waals surface area contributed by atoms with Gasteiger partial charge in [-0.15, -0.1) is 0 Å². The fraction of sp³-hybridized carbons (Fsp3) is 0.0435. The van der Waals surface area contributed by atoms with E-state index in [4.69, 9.17) is 51.8 Å². The molecule has 4 rings (SSSR count). The average molecular weight is 586 g/mol.